The molecule has 0 saturated heterocycles. The lowest BCUT2D eigenvalue weighted by atomic mass is 10.1. The fourth-order valence-corrected chi connectivity index (χ4v) is 3.44. The number of carbonyl (C=O) groups is 2. The van der Waals surface area contributed by atoms with E-state index in [0.29, 0.717) is 19.5 Å². The fraction of sp³-hybridized carbons (Fsp3) is 0.500. The summed E-state index contributed by atoms with van der Waals surface area (Å²) in [4.78, 5) is 27.6. The average molecular weight is 469 g/mol. The Labute approximate surface area is 204 Å². The third kappa shape index (κ3) is 9.46. The number of carbonyl (C=O) groups excluding carboxylic acids is 2. The molecule has 2 aromatic carbocycles. The number of alkyl carbamates (subject to hydrolysis) is 1. The third-order valence-corrected chi connectivity index (χ3v) is 5.33. The Morgan fingerprint density at radius 2 is 1.29 bits per heavy atom. The molecule has 0 aromatic heterocycles. The van der Waals surface area contributed by atoms with E-state index >= 15 is 0 Å². The van der Waals surface area contributed by atoms with Crippen molar-refractivity contribution in [1.29, 1.82) is 0 Å². The van der Waals surface area contributed by atoms with Crippen molar-refractivity contribution in [2.45, 2.75) is 92.1 Å². The number of ether oxygens (including phenoxy) is 2. The molecule has 0 heterocycles. The van der Waals surface area contributed by atoms with Crippen LogP contribution in [0.15, 0.2) is 48.5 Å². The maximum absolute atomic E-state index is 13.4. The number of nitrogens with zero attached hydrogens (tertiary/aromatic N) is 1. The number of unbranched alkanes of at least 4 members (excludes halogenated alkanes) is 1. The van der Waals surface area contributed by atoms with E-state index in [1.165, 1.54) is 0 Å². The van der Waals surface area contributed by atoms with Gasteiger partial charge in [0.1, 0.15) is 5.60 Å². The van der Waals surface area contributed by atoms with Crippen molar-refractivity contribution in [1.82, 2.24) is 10.2 Å². The van der Waals surface area contributed by atoms with Gasteiger partial charge in [-0.05, 0) is 59.1 Å². The Morgan fingerprint density at radius 3 is 1.71 bits per heavy atom. The van der Waals surface area contributed by atoms with E-state index in [1.807, 2.05) is 62.4 Å². The van der Waals surface area contributed by atoms with E-state index in [-0.39, 0.29) is 0 Å². The lowest BCUT2D eigenvalue weighted by Crippen LogP contribution is -2.52. The highest BCUT2D eigenvalue weighted by atomic mass is 16.6. The van der Waals surface area contributed by atoms with Crippen LogP contribution < -0.4 is 5.32 Å². The van der Waals surface area contributed by atoms with E-state index in [0.717, 1.165) is 35.1 Å². The monoisotopic (exact) mass is 468 g/mol. The summed E-state index contributed by atoms with van der Waals surface area (Å²) >= 11 is 0. The van der Waals surface area contributed by atoms with Gasteiger partial charge in [0, 0.05) is 19.5 Å². The molecule has 0 bridgehead atoms. The molecule has 6 nitrogen and oxygen atoms in total. The Morgan fingerprint density at radius 1 is 0.824 bits per heavy atom. The summed E-state index contributed by atoms with van der Waals surface area (Å²) in [6.45, 7) is 14.0. The van der Waals surface area contributed by atoms with Gasteiger partial charge in [0.2, 0.25) is 0 Å². The van der Waals surface area contributed by atoms with E-state index in [1.54, 1.807) is 32.6 Å². The van der Waals surface area contributed by atoms with Crippen molar-refractivity contribution < 1.29 is 19.1 Å². The van der Waals surface area contributed by atoms with Crippen LogP contribution in [0.5, 0.6) is 0 Å². The fourth-order valence-electron chi connectivity index (χ4n) is 3.44. The van der Waals surface area contributed by atoms with Gasteiger partial charge in [0.15, 0.2) is 5.72 Å². The van der Waals surface area contributed by atoms with Crippen molar-refractivity contribution in [3.8, 4) is 0 Å². The molecule has 0 spiro atoms. The van der Waals surface area contributed by atoms with Gasteiger partial charge < -0.3 is 9.47 Å². The van der Waals surface area contributed by atoms with E-state index in [9.17, 15) is 9.59 Å². The summed E-state index contributed by atoms with van der Waals surface area (Å²) in [5, 5.41) is 2.78. The molecule has 34 heavy (non-hydrogen) atoms. The molecule has 1 N–H and O–H groups in total. The number of amides is 2. The zero-order valence-corrected chi connectivity index (χ0v) is 21.7. The second kappa shape index (κ2) is 11.9. The van der Waals surface area contributed by atoms with Gasteiger partial charge in [-0.2, -0.15) is 0 Å². The van der Waals surface area contributed by atoms with Crippen LogP contribution in [0.2, 0.25) is 0 Å². The number of rotatable bonds is 9. The van der Waals surface area contributed by atoms with Crippen molar-refractivity contribution in [3.63, 3.8) is 0 Å². The van der Waals surface area contributed by atoms with Crippen LogP contribution in [-0.2, 0) is 22.6 Å². The number of hydrogen-bond acceptors (Lipinski definition) is 4. The predicted octanol–water partition coefficient (Wildman–Crippen LogP) is 6.87. The maximum Gasteiger partial charge on any atom is 0.412 e. The molecular weight excluding hydrogens is 428 g/mol. The molecule has 6 heteroatoms. The summed E-state index contributed by atoms with van der Waals surface area (Å²) in [5.74, 6) is 0. The van der Waals surface area contributed by atoms with Crippen LogP contribution in [0.3, 0.4) is 0 Å². The lowest BCUT2D eigenvalue weighted by Gasteiger charge is -2.34. The summed E-state index contributed by atoms with van der Waals surface area (Å²) in [6.07, 6.45) is 1.07. The molecule has 0 aliphatic heterocycles. The molecule has 0 radical (unpaired) electrons. The Bertz CT molecular complexity index is 885. The molecule has 0 saturated carbocycles. The maximum atomic E-state index is 13.4. The molecule has 2 amide bonds. The highest BCUT2D eigenvalue weighted by Crippen LogP contribution is 2.21. The van der Waals surface area contributed by atoms with E-state index in [4.69, 9.17) is 9.47 Å². The average Bonchev–Trinajstić information content (AvgIpc) is 2.73. The van der Waals surface area contributed by atoms with Gasteiger partial charge in [-0.1, -0.05) is 73.0 Å². The number of aryl methyl sites for hydroxylation is 2. The summed E-state index contributed by atoms with van der Waals surface area (Å²) in [7, 11) is 0. The van der Waals surface area contributed by atoms with Gasteiger partial charge in [-0.15, -0.1) is 0 Å². The Balaban J connectivity index is 2.24. The standard InChI is InChI=1S/C28H40N2O4/c1-8-9-18-28(7,29-25(31)33-27(4,5)6)34-26(32)30(19-23-14-10-21(2)11-15-23)20-24-16-12-22(3)13-17-24/h10-17H,8-9,18-20H2,1-7H3,(H,29,31)/t28-/m0/s1. The van der Waals surface area contributed by atoms with Crippen LogP contribution in [0.25, 0.3) is 0 Å². The third-order valence-electron chi connectivity index (χ3n) is 5.33. The van der Waals surface area contributed by atoms with E-state index in [2.05, 4.69) is 12.2 Å². The first-order valence-corrected chi connectivity index (χ1v) is 12.0. The first-order valence-electron chi connectivity index (χ1n) is 12.0. The molecule has 0 aliphatic carbocycles. The summed E-state index contributed by atoms with van der Waals surface area (Å²) < 4.78 is 11.4. The zero-order valence-electron chi connectivity index (χ0n) is 21.7. The van der Waals surface area contributed by atoms with Crippen LogP contribution in [0.4, 0.5) is 9.59 Å². The molecule has 0 fully saturated rings. The second-order valence-electron chi connectivity index (χ2n) is 10.2. The molecule has 1 atom stereocenters. The zero-order chi connectivity index (χ0) is 25.4. The van der Waals surface area contributed by atoms with Gasteiger partial charge in [-0.25, -0.2) is 9.59 Å². The van der Waals surface area contributed by atoms with Gasteiger partial charge in [-0.3, -0.25) is 10.2 Å². The number of benzene rings is 2. The number of nitrogens with one attached hydrogen (secondary N) is 1. The van der Waals surface area contributed by atoms with Crippen molar-refractivity contribution in [2.75, 3.05) is 0 Å². The minimum absolute atomic E-state index is 0.392. The van der Waals surface area contributed by atoms with Crippen LogP contribution in [-0.4, -0.2) is 28.4 Å². The van der Waals surface area contributed by atoms with Gasteiger partial charge in [0.25, 0.3) is 0 Å². The molecule has 2 aromatic rings. The molecule has 2 rings (SSSR count). The highest BCUT2D eigenvalue weighted by Gasteiger charge is 2.34. The smallest absolute Gasteiger partial charge is 0.412 e. The molecule has 0 aliphatic rings. The first-order chi connectivity index (χ1) is 15.9. The van der Waals surface area contributed by atoms with Gasteiger partial charge >= 0.3 is 12.2 Å². The minimum atomic E-state index is -1.19. The van der Waals surface area contributed by atoms with Crippen molar-refractivity contribution in [3.05, 3.63) is 70.8 Å². The molecule has 0 unspecified atom stereocenters. The summed E-state index contributed by atoms with van der Waals surface area (Å²) in [6, 6.07) is 16.2. The molecule has 186 valence electrons. The highest BCUT2D eigenvalue weighted by molar-refractivity contribution is 5.71. The Kier molecular flexibility index (Phi) is 9.54. The van der Waals surface area contributed by atoms with Crippen LogP contribution >= 0.6 is 0 Å². The normalized spacial score (nSPS) is 13.0. The van der Waals surface area contributed by atoms with Crippen molar-refractivity contribution >= 4 is 12.2 Å². The van der Waals surface area contributed by atoms with Gasteiger partial charge in [0.05, 0.1) is 0 Å². The number of hydrogen-bond donors (Lipinski definition) is 1. The minimum Gasteiger partial charge on any atom is -0.444 e. The topological polar surface area (TPSA) is 67.9 Å². The largest absolute Gasteiger partial charge is 0.444 e. The quantitative estimate of drug-likeness (QED) is 0.408. The van der Waals surface area contributed by atoms with E-state index < -0.39 is 23.5 Å². The lowest BCUT2D eigenvalue weighted by molar-refractivity contribution is -0.0366. The van der Waals surface area contributed by atoms with Crippen LogP contribution in [0, 0.1) is 13.8 Å². The SMILES string of the molecule is CCCC[C@@](C)(NC(=O)OC(C)(C)C)OC(=O)N(Cc1ccc(C)cc1)Cc1ccc(C)cc1. The second-order valence-corrected chi connectivity index (χ2v) is 10.2. The first kappa shape index (κ1) is 27.2. The van der Waals surface area contributed by atoms with Crippen molar-refractivity contribution in [2.24, 2.45) is 0 Å². The molecular formula is C28H40N2O4. The Hall–Kier alpha value is -3.02. The predicted molar refractivity (Wildman–Crippen MR) is 135 cm³/mol. The summed E-state index contributed by atoms with van der Waals surface area (Å²) in [5.41, 5.74) is 2.49. The van der Waals surface area contributed by atoms with Crippen LogP contribution in [0.1, 0.15) is 76.1 Å².